The number of carbonyl (C=O) groups excluding carboxylic acids is 1. The van der Waals surface area contributed by atoms with Gasteiger partial charge in [0.2, 0.25) is 0 Å². The topological polar surface area (TPSA) is 38.3 Å². The van der Waals surface area contributed by atoms with Crippen LogP contribution in [-0.4, -0.2) is 18.6 Å². The summed E-state index contributed by atoms with van der Waals surface area (Å²) in [5.41, 5.74) is 1.26. The molecule has 3 nitrogen and oxygen atoms in total. The van der Waals surface area contributed by atoms with Crippen LogP contribution in [0.5, 0.6) is 0 Å². The molecule has 0 bridgehead atoms. The lowest BCUT2D eigenvalue weighted by atomic mass is 10.0. The van der Waals surface area contributed by atoms with Gasteiger partial charge in [-0.05, 0) is 32.3 Å². The van der Waals surface area contributed by atoms with E-state index in [4.69, 9.17) is 4.74 Å². The van der Waals surface area contributed by atoms with Gasteiger partial charge in [0.25, 0.3) is 0 Å². The lowest BCUT2D eigenvalue weighted by molar-refractivity contribution is -0.148. The van der Waals surface area contributed by atoms with Gasteiger partial charge in [0, 0.05) is 12.1 Å². The van der Waals surface area contributed by atoms with Crippen LogP contribution in [0.4, 0.5) is 0 Å². The fourth-order valence-corrected chi connectivity index (χ4v) is 2.85. The second-order valence-corrected chi connectivity index (χ2v) is 5.19. The molecule has 1 saturated carbocycles. The van der Waals surface area contributed by atoms with Crippen LogP contribution in [0.25, 0.3) is 0 Å². The monoisotopic (exact) mass is 261 g/mol. The quantitative estimate of drug-likeness (QED) is 0.828. The highest BCUT2D eigenvalue weighted by atomic mass is 16.5. The third-order valence-corrected chi connectivity index (χ3v) is 3.87. The zero-order chi connectivity index (χ0) is 13.7. The van der Waals surface area contributed by atoms with Crippen molar-refractivity contribution in [2.75, 3.05) is 6.61 Å². The van der Waals surface area contributed by atoms with Crippen LogP contribution in [0.3, 0.4) is 0 Å². The van der Waals surface area contributed by atoms with Gasteiger partial charge in [-0.3, -0.25) is 4.79 Å². The molecule has 1 aromatic rings. The van der Waals surface area contributed by atoms with Gasteiger partial charge in [0.1, 0.15) is 0 Å². The summed E-state index contributed by atoms with van der Waals surface area (Å²) in [5.74, 6) is -0.0242. The van der Waals surface area contributed by atoms with Gasteiger partial charge >= 0.3 is 5.97 Å². The van der Waals surface area contributed by atoms with Gasteiger partial charge in [-0.1, -0.05) is 36.8 Å². The summed E-state index contributed by atoms with van der Waals surface area (Å²) in [6.45, 7) is 4.48. The standard InChI is InChI=1S/C16H23NO2/c1-3-19-16(18)14-10-7-11-15(14)17-12(2)13-8-5-4-6-9-13/h4-6,8-9,12,14-15,17H,3,7,10-11H2,1-2H3/t12-,14-,15?/m0/s1. The first-order valence-electron chi connectivity index (χ1n) is 7.20. The average molecular weight is 261 g/mol. The molecule has 1 aliphatic carbocycles. The molecule has 1 unspecified atom stereocenters. The molecule has 1 aromatic carbocycles. The van der Waals surface area contributed by atoms with Crippen molar-refractivity contribution < 1.29 is 9.53 Å². The van der Waals surface area contributed by atoms with E-state index >= 15 is 0 Å². The van der Waals surface area contributed by atoms with Gasteiger partial charge in [-0.25, -0.2) is 0 Å². The summed E-state index contributed by atoms with van der Waals surface area (Å²) in [7, 11) is 0. The number of carbonyl (C=O) groups is 1. The van der Waals surface area contributed by atoms with E-state index in [0.29, 0.717) is 6.61 Å². The molecule has 0 spiro atoms. The Labute approximate surface area is 115 Å². The molecule has 104 valence electrons. The molecule has 1 fully saturated rings. The van der Waals surface area contributed by atoms with Crippen LogP contribution in [0.1, 0.15) is 44.7 Å². The van der Waals surface area contributed by atoms with E-state index in [1.807, 2.05) is 25.1 Å². The number of nitrogens with one attached hydrogen (secondary N) is 1. The summed E-state index contributed by atoms with van der Waals surface area (Å²) in [4.78, 5) is 11.9. The Morgan fingerprint density at radius 3 is 2.79 bits per heavy atom. The van der Waals surface area contributed by atoms with Gasteiger partial charge in [-0.15, -0.1) is 0 Å². The molecule has 3 atom stereocenters. The van der Waals surface area contributed by atoms with Crippen LogP contribution in [0.15, 0.2) is 30.3 Å². The van der Waals surface area contributed by atoms with E-state index in [0.717, 1.165) is 19.3 Å². The Morgan fingerprint density at radius 1 is 1.37 bits per heavy atom. The Balaban J connectivity index is 1.96. The Morgan fingerprint density at radius 2 is 2.11 bits per heavy atom. The highest BCUT2D eigenvalue weighted by molar-refractivity contribution is 5.73. The largest absolute Gasteiger partial charge is 0.466 e. The smallest absolute Gasteiger partial charge is 0.310 e. The molecule has 3 heteroatoms. The minimum Gasteiger partial charge on any atom is -0.466 e. The summed E-state index contributed by atoms with van der Waals surface area (Å²) in [6.07, 6.45) is 3.10. The van der Waals surface area contributed by atoms with Crippen LogP contribution >= 0.6 is 0 Å². The van der Waals surface area contributed by atoms with Gasteiger partial charge in [0.15, 0.2) is 0 Å². The number of ether oxygens (including phenoxy) is 1. The lowest BCUT2D eigenvalue weighted by Gasteiger charge is -2.24. The van der Waals surface area contributed by atoms with Crippen molar-refractivity contribution >= 4 is 5.97 Å². The molecular formula is C16H23NO2. The minimum absolute atomic E-state index is 0.0195. The fourth-order valence-electron chi connectivity index (χ4n) is 2.85. The molecule has 1 aliphatic rings. The molecule has 19 heavy (non-hydrogen) atoms. The van der Waals surface area contributed by atoms with Gasteiger partial charge in [0.05, 0.1) is 12.5 Å². The van der Waals surface area contributed by atoms with E-state index in [2.05, 4.69) is 24.4 Å². The van der Waals surface area contributed by atoms with E-state index in [1.54, 1.807) is 0 Å². The van der Waals surface area contributed by atoms with E-state index in [1.165, 1.54) is 5.56 Å². The predicted octanol–water partition coefficient (Wildman–Crippen LogP) is 3.07. The third kappa shape index (κ3) is 3.57. The van der Waals surface area contributed by atoms with Gasteiger partial charge < -0.3 is 10.1 Å². The maximum absolute atomic E-state index is 11.9. The number of esters is 1. The van der Waals surface area contributed by atoms with Crippen LogP contribution in [0, 0.1) is 5.92 Å². The Bertz CT molecular complexity index is 404. The number of hydrogen-bond acceptors (Lipinski definition) is 3. The van der Waals surface area contributed by atoms with Crippen LogP contribution < -0.4 is 5.32 Å². The predicted molar refractivity (Wildman–Crippen MR) is 75.8 cm³/mol. The molecule has 0 aromatic heterocycles. The van der Waals surface area contributed by atoms with Crippen molar-refractivity contribution in [1.82, 2.24) is 5.32 Å². The Kier molecular flexibility index (Phi) is 4.97. The summed E-state index contributed by atoms with van der Waals surface area (Å²) >= 11 is 0. The zero-order valence-corrected chi connectivity index (χ0v) is 11.8. The van der Waals surface area contributed by atoms with E-state index in [-0.39, 0.29) is 24.0 Å². The maximum Gasteiger partial charge on any atom is 0.310 e. The summed E-state index contributed by atoms with van der Waals surface area (Å²) < 4.78 is 5.16. The first kappa shape index (κ1) is 14.1. The van der Waals surface area contributed by atoms with Crippen molar-refractivity contribution in [3.05, 3.63) is 35.9 Å². The molecule has 1 N–H and O–H groups in total. The average Bonchev–Trinajstić information content (AvgIpc) is 2.88. The number of hydrogen-bond donors (Lipinski definition) is 1. The fraction of sp³-hybridized carbons (Fsp3) is 0.562. The van der Waals surface area contributed by atoms with Crippen molar-refractivity contribution in [3.63, 3.8) is 0 Å². The maximum atomic E-state index is 11.9. The number of rotatable bonds is 5. The summed E-state index contributed by atoms with van der Waals surface area (Å²) in [5, 5.41) is 3.58. The molecular weight excluding hydrogens is 238 g/mol. The number of benzene rings is 1. The third-order valence-electron chi connectivity index (χ3n) is 3.87. The molecule has 0 heterocycles. The zero-order valence-electron chi connectivity index (χ0n) is 11.8. The van der Waals surface area contributed by atoms with Crippen molar-refractivity contribution in [2.24, 2.45) is 5.92 Å². The lowest BCUT2D eigenvalue weighted by Crippen LogP contribution is -2.38. The molecule has 0 saturated heterocycles. The van der Waals surface area contributed by atoms with E-state index < -0.39 is 0 Å². The SMILES string of the molecule is CCOC(=O)[C@H]1CCCC1N[C@@H](C)c1ccccc1. The second kappa shape index (κ2) is 6.71. The highest BCUT2D eigenvalue weighted by Crippen LogP contribution is 2.29. The van der Waals surface area contributed by atoms with Crippen molar-refractivity contribution in [1.29, 1.82) is 0 Å². The summed E-state index contributed by atoms with van der Waals surface area (Å²) in [6, 6.07) is 10.9. The van der Waals surface area contributed by atoms with Gasteiger partial charge in [-0.2, -0.15) is 0 Å². The normalized spacial score (nSPS) is 24.1. The second-order valence-electron chi connectivity index (χ2n) is 5.19. The molecule has 0 radical (unpaired) electrons. The molecule has 2 rings (SSSR count). The van der Waals surface area contributed by atoms with Crippen molar-refractivity contribution in [2.45, 2.75) is 45.2 Å². The minimum atomic E-state index is -0.0437. The first-order chi connectivity index (χ1) is 9.22. The van der Waals surface area contributed by atoms with Crippen LogP contribution in [-0.2, 0) is 9.53 Å². The van der Waals surface area contributed by atoms with Crippen molar-refractivity contribution in [3.8, 4) is 0 Å². The molecule has 0 amide bonds. The van der Waals surface area contributed by atoms with E-state index in [9.17, 15) is 4.79 Å². The highest BCUT2D eigenvalue weighted by Gasteiger charge is 2.34. The van der Waals surface area contributed by atoms with Crippen LogP contribution in [0.2, 0.25) is 0 Å². The first-order valence-corrected chi connectivity index (χ1v) is 7.20. The molecule has 0 aliphatic heterocycles. The Hall–Kier alpha value is -1.35.